The normalized spacial score (nSPS) is 11.2. The van der Waals surface area contributed by atoms with E-state index in [1.165, 1.54) is 21.5 Å². The van der Waals surface area contributed by atoms with Gasteiger partial charge in [0, 0.05) is 29.1 Å². The summed E-state index contributed by atoms with van der Waals surface area (Å²) in [7, 11) is 0. The lowest BCUT2D eigenvalue weighted by molar-refractivity contribution is 1.18. The molecule has 38 heavy (non-hydrogen) atoms. The summed E-state index contributed by atoms with van der Waals surface area (Å²) in [5.74, 6) is 0.725. The van der Waals surface area contributed by atoms with E-state index in [-0.39, 0.29) is 0 Å². The van der Waals surface area contributed by atoms with Crippen molar-refractivity contribution in [2.45, 2.75) is 0 Å². The van der Waals surface area contributed by atoms with Gasteiger partial charge in [0.25, 0.3) is 0 Å². The molecule has 0 aliphatic heterocycles. The molecule has 178 valence electrons. The summed E-state index contributed by atoms with van der Waals surface area (Å²) in [5.41, 5.74) is 7.33. The van der Waals surface area contributed by atoms with Crippen LogP contribution in [0.1, 0.15) is 0 Å². The molecule has 0 aliphatic rings. The lowest BCUT2D eigenvalue weighted by Crippen LogP contribution is -1.92. The topological polar surface area (TPSA) is 38.7 Å². The molecular weight excluding hydrogens is 462 g/mol. The molecule has 0 radical (unpaired) electrons. The molecule has 0 unspecified atom stereocenters. The summed E-state index contributed by atoms with van der Waals surface area (Å²) >= 11 is 0. The molecule has 0 aliphatic carbocycles. The summed E-state index contributed by atoms with van der Waals surface area (Å²) in [4.78, 5) is 13.9. The molecule has 2 heterocycles. The monoisotopic (exact) mass is 485 g/mol. The fourth-order valence-corrected chi connectivity index (χ4v) is 4.95. The van der Waals surface area contributed by atoms with E-state index < -0.39 is 0 Å². The van der Waals surface area contributed by atoms with Crippen LogP contribution >= 0.6 is 0 Å². The number of nitrogens with zero attached hydrogens (tertiary/aromatic N) is 3. The van der Waals surface area contributed by atoms with Crippen molar-refractivity contribution in [2.75, 3.05) is 0 Å². The molecule has 0 bridgehead atoms. The highest BCUT2D eigenvalue weighted by Crippen LogP contribution is 2.33. The Hall–Kier alpha value is -5.15. The number of rotatable bonds is 4. The van der Waals surface area contributed by atoms with Crippen molar-refractivity contribution in [1.82, 2.24) is 15.0 Å². The van der Waals surface area contributed by atoms with Crippen LogP contribution in [0.5, 0.6) is 0 Å². The van der Waals surface area contributed by atoms with Crippen LogP contribution in [0, 0.1) is 0 Å². The Balaban J connectivity index is 1.38. The van der Waals surface area contributed by atoms with Crippen LogP contribution in [-0.2, 0) is 0 Å². The van der Waals surface area contributed by atoms with Gasteiger partial charge < -0.3 is 0 Å². The van der Waals surface area contributed by atoms with Gasteiger partial charge in [-0.3, -0.25) is 0 Å². The highest BCUT2D eigenvalue weighted by Gasteiger charge is 2.11. The predicted octanol–water partition coefficient (Wildman–Crippen LogP) is 8.85. The van der Waals surface area contributed by atoms with E-state index in [1.54, 1.807) is 12.4 Å². The standard InChI is InChI=1S/C35H23N3/c1-3-8-28-20-30(16-12-24(28)6-1)33-22-32(26-10-14-27(15-11-26)35-36-18-5-19-37-35)23-34(38-33)31-17-13-25-7-2-4-9-29(25)21-31/h1-23H. The second-order valence-corrected chi connectivity index (χ2v) is 9.40. The lowest BCUT2D eigenvalue weighted by Gasteiger charge is -2.12. The van der Waals surface area contributed by atoms with Crippen molar-refractivity contribution in [3.8, 4) is 45.0 Å². The number of pyridine rings is 1. The molecule has 0 amide bonds. The molecule has 2 aromatic heterocycles. The van der Waals surface area contributed by atoms with E-state index in [4.69, 9.17) is 4.98 Å². The first-order chi connectivity index (χ1) is 18.8. The van der Waals surface area contributed by atoms with Gasteiger partial charge in [-0.05, 0) is 63.0 Å². The van der Waals surface area contributed by atoms with E-state index in [9.17, 15) is 0 Å². The van der Waals surface area contributed by atoms with Crippen molar-refractivity contribution in [2.24, 2.45) is 0 Å². The first-order valence-corrected chi connectivity index (χ1v) is 12.7. The number of hydrogen-bond donors (Lipinski definition) is 0. The fraction of sp³-hybridized carbons (Fsp3) is 0. The maximum atomic E-state index is 5.16. The smallest absolute Gasteiger partial charge is 0.159 e. The summed E-state index contributed by atoms with van der Waals surface area (Å²) in [6, 6.07) is 44.6. The minimum absolute atomic E-state index is 0.725. The Morgan fingerprint density at radius 2 is 0.816 bits per heavy atom. The summed E-state index contributed by atoms with van der Waals surface area (Å²) in [6.45, 7) is 0. The third kappa shape index (κ3) is 4.21. The Labute approximate surface area is 221 Å². The van der Waals surface area contributed by atoms with Gasteiger partial charge in [0.2, 0.25) is 0 Å². The largest absolute Gasteiger partial charge is 0.248 e. The summed E-state index contributed by atoms with van der Waals surface area (Å²) in [5, 5.41) is 4.86. The minimum Gasteiger partial charge on any atom is -0.248 e. The Kier molecular flexibility index (Phi) is 5.45. The predicted molar refractivity (Wildman–Crippen MR) is 157 cm³/mol. The Morgan fingerprint density at radius 3 is 1.37 bits per heavy atom. The van der Waals surface area contributed by atoms with Crippen LogP contribution in [0.3, 0.4) is 0 Å². The highest BCUT2D eigenvalue weighted by molar-refractivity contribution is 5.90. The second-order valence-electron chi connectivity index (χ2n) is 9.40. The summed E-state index contributed by atoms with van der Waals surface area (Å²) < 4.78 is 0. The van der Waals surface area contributed by atoms with Crippen LogP contribution in [0.25, 0.3) is 66.6 Å². The molecule has 3 heteroatoms. The lowest BCUT2D eigenvalue weighted by atomic mass is 9.97. The highest BCUT2D eigenvalue weighted by atomic mass is 14.8. The Bertz CT molecular complexity index is 1810. The van der Waals surface area contributed by atoms with Gasteiger partial charge >= 0.3 is 0 Å². The van der Waals surface area contributed by atoms with Crippen molar-refractivity contribution >= 4 is 21.5 Å². The molecule has 0 fully saturated rings. The molecule has 0 saturated heterocycles. The van der Waals surface area contributed by atoms with Gasteiger partial charge in [-0.1, -0.05) is 97.1 Å². The zero-order valence-corrected chi connectivity index (χ0v) is 20.6. The summed E-state index contributed by atoms with van der Waals surface area (Å²) in [6.07, 6.45) is 3.54. The van der Waals surface area contributed by atoms with Crippen LogP contribution in [-0.4, -0.2) is 15.0 Å². The first-order valence-electron chi connectivity index (χ1n) is 12.7. The number of benzene rings is 5. The minimum atomic E-state index is 0.725. The quantitative estimate of drug-likeness (QED) is 0.250. The second kappa shape index (κ2) is 9.38. The van der Waals surface area contributed by atoms with Gasteiger partial charge in [0.05, 0.1) is 11.4 Å². The SMILES string of the molecule is c1cnc(-c2ccc(-c3cc(-c4ccc5ccccc5c4)nc(-c4ccc5ccccc5c4)c3)cc2)nc1. The molecule has 0 saturated carbocycles. The van der Waals surface area contributed by atoms with Crippen LogP contribution in [0.4, 0.5) is 0 Å². The maximum Gasteiger partial charge on any atom is 0.159 e. The van der Waals surface area contributed by atoms with Crippen LogP contribution in [0.15, 0.2) is 140 Å². The molecule has 3 nitrogen and oxygen atoms in total. The first kappa shape index (κ1) is 22.1. The van der Waals surface area contributed by atoms with E-state index in [2.05, 4.69) is 131 Å². The molecule has 5 aromatic carbocycles. The van der Waals surface area contributed by atoms with E-state index in [0.29, 0.717) is 0 Å². The van der Waals surface area contributed by atoms with Gasteiger partial charge in [0.1, 0.15) is 0 Å². The molecule has 7 aromatic rings. The molecule has 7 rings (SSSR count). The average molecular weight is 486 g/mol. The van der Waals surface area contributed by atoms with Crippen molar-refractivity contribution in [3.05, 3.63) is 140 Å². The molecular formula is C35H23N3. The van der Waals surface area contributed by atoms with Gasteiger partial charge in [-0.2, -0.15) is 0 Å². The molecule has 0 spiro atoms. The molecule has 0 N–H and O–H groups in total. The van der Waals surface area contributed by atoms with Gasteiger partial charge in [-0.15, -0.1) is 0 Å². The third-order valence-electron chi connectivity index (χ3n) is 6.96. The van der Waals surface area contributed by atoms with Crippen molar-refractivity contribution < 1.29 is 0 Å². The third-order valence-corrected chi connectivity index (χ3v) is 6.96. The zero-order valence-electron chi connectivity index (χ0n) is 20.6. The Morgan fingerprint density at radius 1 is 0.342 bits per heavy atom. The fourth-order valence-electron chi connectivity index (χ4n) is 4.95. The van der Waals surface area contributed by atoms with Gasteiger partial charge in [0.15, 0.2) is 5.82 Å². The van der Waals surface area contributed by atoms with Crippen molar-refractivity contribution in [3.63, 3.8) is 0 Å². The van der Waals surface area contributed by atoms with Crippen LogP contribution < -0.4 is 0 Å². The number of fused-ring (bicyclic) bond motifs is 2. The number of aromatic nitrogens is 3. The van der Waals surface area contributed by atoms with E-state index >= 15 is 0 Å². The van der Waals surface area contributed by atoms with E-state index in [0.717, 1.165) is 45.0 Å². The van der Waals surface area contributed by atoms with Crippen LogP contribution in [0.2, 0.25) is 0 Å². The average Bonchev–Trinajstić information content (AvgIpc) is 3.01. The van der Waals surface area contributed by atoms with Gasteiger partial charge in [-0.25, -0.2) is 15.0 Å². The van der Waals surface area contributed by atoms with Crippen molar-refractivity contribution in [1.29, 1.82) is 0 Å². The number of hydrogen-bond acceptors (Lipinski definition) is 3. The maximum absolute atomic E-state index is 5.16. The molecule has 0 atom stereocenters. The van der Waals surface area contributed by atoms with E-state index in [1.807, 2.05) is 6.07 Å². The zero-order chi connectivity index (χ0) is 25.3.